The number of morpholine rings is 1. The Kier molecular flexibility index (Phi) is 7.04. The molecule has 0 bridgehead atoms. The van der Waals surface area contributed by atoms with E-state index >= 15 is 0 Å². The van der Waals surface area contributed by atoms with Gasteiger partial charge in [-0.3, -0.25) is 9.69 Å². The van der Waals surface area contributed by atoms with E-state index in [4.69, 9.17) is 18.9 Å². The van der Waals surface area contributed by atoms with Crippen LogP contribution in [-0.4, -0.2) is 85.4 Å². The molecule has 3 saturated heterocycles. The van der Waals surface area contributed by atoms with Crippen molar-refractivity contribution in [3.8, 4) is 0 Å². The molecule has 0 aromatic heterocycles. The van der Waals surface area contributed by atoms with Crippen LogP contribution in [0.15, 0.2) is 0 Å². The smallest absolute Gasteiger partial charge is 0.170 e. The number of Topliss-reactive ketones (excluding diaryl/α,β-unsaturated/α-hetero) is 1. The number of nitrogens with zero attached hydrogens (tertiary/aromatic N) is 1. The largest absolute Gasteiger partial charge is 0.390 e. The number of aliphatic hydroxyl groups excluding tert-OH is 1. The topological polar surface area (TPSA) is 77.5 Å². The fourth-order valence-electron chi connectivity index (χ4n) is 13.8. The van der Waals surface area contributed by atoms with Crippen molar-refractivity contribution >= 4 is 5.78 Å². The summed E-state index contributed by atoms with van der Waals surface area (Å²) in [5.41, 5.74) is 0.132. The van der Waals surface area contributed by atoms with E-state index in [0.29, 0.717) is 40.5 Å². The second kappa shape index (κ2) is 10.00. The molecule has 8 rings (SSSR count). The van der Waals surface area contributed by atoms with Crippen LogP contribution in [0.3, 0.4) is 0 Å². The van der Waals surface area contributed by atoms with Gasteiger partial charge in [0.05, 0.1) is 50.7 Å². The Balaban J connectivity index is 1.03. The van der Waals surface area contributed by atoms with Crippen LogP contribution in [0.1, 0.15) is 107 Å². The van der Waals surface area contributed by atoms with E-state index in [-0.39, 0.29) is 40.5 Å². The summed E-state index contributed by atoms with van der Waals surface area (Å²) >= 11 is 0. The van der Waals surface area contributed by atoms with Gasteiger partial charge >= 0.3 is 0 Å². The second-order valence-electron chi connectivity index (χ2n) is 19.2. The van der Waals surface area contributed by atoms with Crippen molar-refractivity contribution in [2.75, 3.05) is 32.9 Å². The third kappa shape index (κ3) is 4.06. The zero-order valence-corrected chi connectivity index (χ0v) is 29.4. The number of ketones is 1. The highest BCUT2D eigenvalue weighted by Crippen LogP contribution is 2.89. The number of ether oxygens (including phenoxy) is 4. The molecule has 8 aliphatic rings. The predicted molar refractivity (Wildman–Crippen MR) is 171 cm³/mol. The first-order chi connectivity index (χ1) is 21.1. The van der Waals surface area contributed by atoms with E-state index < -0.39 is 17.6 Å². The molecule has 1 unspecified atom stereocenters. The van der Waals surface area contributed by atoms with Crippen LogP contribution in [0, 0.1) is 56.2 Å². The highest BCUT2D eigenvalue weighted by atomic mass is 16.7. The zero-order valence-electron chi connectivity index (χ0n) is 29.4. The summed E-state index contributed by atoms with van der Waals surface area (Å²) in [5.74, 6) is 1.99. The lowest BCUT2D eigenvalue weighted by atomic mass is 9.41. The van der Waals surface area contributed by atoms with Gasteiger partial charge in [0, 0.05) is 17.4 Å². The summed E-state index contributed by atoms with van der Waals surface area (Å²) < 4.78 is 25.3. The van der Waals surface area contributed by atoms with Crippen molar-refractivity contribution in [3.05, 3.63) is 0 Å². The molecule has 0 radical (unpaired) electrons. The Morgan fingerprint density at radius 3 is 2.38 bits per heavy atom. The predicted octanol–water partition coefficient (Wildman–Crippen LogP) is 5.86. The Bertz CT molecular complexity index is 1210. The normalized spacial score (nSPS) is 54.1. The Hall–Kier alpha value is -0.570. The highest BCUT2D eigenvalue weighted by molar-refractivity contribution is 5.88. The van der Waals surface area contributed by atoms with Gasteiger partial charge in [-0.05, 0) is 96.7 Å². The van der Waals surface area contributed by atoms with Gasteiger partial charge in [0.2, 0.25) is 0 Å². The maximum atomic E-state index is 13.4. The van der Waals surface area contributed by atoms with Crippen LogP contribution in [0.4, 0.5) is 0 Å². The minimum Gasteiger partial charge on any atom is -0.390 e. The van der Waals surface area contributed by atoms with Crippen LogP contribution < -0.4 is 0 Å². The van der Waals surface area contributed by atoms with Crippen molar-refractivity contribution < 1.29 is 28.8 Å². The summed E-state index contributed by atoms with van der Waals surface area (Å²) in [5, 5.41) is 12.5. The van der Waals surface area contributed by atoms with E-state index in [1.54, 1.807) is 0 Å². The number of fused-ring (bicyclic) bond motifs is 4. The molecule has 0 aromatic rings. The molecule has 2 spiro atoms. The molecular formula is C38H61NO6. The van der Waals surface area contributed by atoms with Gasteiger partial charge in [0.1, 0.15) is 6.10 Å². The maximum Gasteiger partial charge on any atom is 0.170 e. The average molecular weight is 628 g/mol. The van der Waals surface area contributed by atoms with E-state index in [1.807, 2.05) is 20.8 Å². The molecule has 5 saturated carbocycles. The molecule has 0 aromatic carbocycles. The SMILES string of the molecule is C[C@@H]1C[C@H](C(=O)C(C)(C)C)O[C@H]2C1[C@@]1(C)CC[C@@]34C[C@@]35CC[C@H](O[C@H]3CN(C6COC6)CCO3)C(C)(C)[C@@H]5CC[C@H]4[C@]1(C)[C@H]2O. The summed E-state index contributed by atoms with van der Waals surface area (Å²) in [7, 11) is 0. The quantitative estimate of drug-likeness (QED) is 0.419. The third-order valence-electron chi connectivity index (χ3n) is 16.3. The van der Waals surface area contributed by atoms with Gasteiger partial charge in [0.15, 0.2) is 12.1 Å². The van der Waals surface area contributed by atoms with E-state index in [0.717, 1.165) is 52.2 Å². The van der Waals surface area contributed by atoms with Gasteiger partial charge in [-0.1, -0.05) is 55.4 Å². The molecular weight excluding hydrogens is 566 g/mol. The first-order valence-corrected chi connectivity index (χ1v) is 18.6. The molecule has 13 atom stereocenters. The summed E-state index contributed by atoms with van der Waals surface area (Å²) in [6.07, 6.45) is 8.15. The molecule has 3 heterocycles. The molecule has 7 heteroatoms. The van der Waals surface area contributed by atoms with Crippen LogP contribution in [0.5, 0.6) is 0 Å². The molecule has 1 N–H and O–H groups in total. The third-order valence-corrected chi connectivity index (χ3v) is 16.3. The lowest BCUT2D eigenvalue weighted by molar-refractivity contribution is -0.256. The van der Waals surface area contributed by atoms with Gasteiger partial charge in [-0.2, -0.15) is 0 Å². The summed E-state index contributed by atoms with van der Waals surface area (Å²) in [6.45, 7) is 22.5. The van der Waals surface area contributed by atoms with Crippen molar-refractivity contribution in [3.63, 3.8) is 0 Å². The lowest BCUT2D eigenvalue weighted by Crippen LogP contribution is -2.60. The van der Waals surface area contributed by atoms with Crippen LogP contribution >= 0.6 is 0 Å². The molecule has 5 aliphatic carbocycles. The van der Waals surface area contributed by atoms with Gasteiger partial charge in [0.25, 0.3) is 0 Å². The molecule has 254 valence electrons. The first-order valence-electron chi connectivity index (χ1n) is 18.6. The number of hydrogen-bond donors (Lipinski definition) is 1. The molecule has 45 heavy (non-hydrogen) atoms. The van der Waals surface area contributed by atoms with Crippen LogP contribution in [-0.2, 0) is 23.7 Å². The number of carbonyl (C=O) groups is 1. The van der Waals surface area contributed by atoms with Crippen molar-refractivity contribution in [1.29, 1.82) is 0 Å². The van der Waals surface area contributed by atoms with Crippen LogP contribution in [0.25, 0.3) is 0 Å². The zero-order chi connectivity index (χ0) is 31.9. The minimum absolute atomic E-state index is 0.0181. The van der Waals surface area contributed by atoms with Gasteiger partial charge in [-0.15, -0.1) is 0 Å². The van der Waals surface area contributed by atoms with Crippen molar-refractivity contribution in [2.45, 2.75) is 144 Å². The summed E-state index contributed by atoms with van der Waals surface area (Å²) in [4.78, 5) is 15.9. The van der Waals surface area contributed by atoms with E-state index in [9.17, 15) is 9.90 Å². The fourth-order valence-corrected chi connectivity index (χ4v) is 13.8. The molecule has 0 amide bonds. The summed E-state index contributed by atoms with van der Waals surface area (Å²) in [6, 6.07) is 0.524. The van der Waals surface area contributed by atoms with Gasteiger partial charge in [-0.25, -0.2) is 0 Å². The van der Waals surface area contributed by atoms with E-state index in [2.05, 4.69) is 39.5 Å². The second-order valence-corrected chi connectivity index (χ2v) is 19.2. The minimum atomic E-state index is -0.526. The molecule has 8 fully saturated rings. The van der Waals surface area contributed by atoms with Crippen molar-refractivity contribution in [2.24, 2.45) is 56.2 Å². The number of rotatable bonds is 4. The van der Waals surface area contributed by atoms with Crippen LogP contribution in [0.2, 0.25) is 0 Å². The molecule has 7 nitrogen and oxygen atoms in total. The monoisotopic (exact) mass is 627 g/mol. The number of hydrogen-bond acceptors (Lipinski definition) is 7. The fraction of sp³-hybridized carbons (Fsp3) is 0.974. The Morgan fingerprint density at radius 1 is 0.978 bits per heavy atom. The number of carbonyl (C=O) groups excluding carboxylic acids is 1. The lowest BCUT2D eigenvalue weighted by Gasteiger charge is -2.64. The Morgan fingerprint density at radius 2 is 1.69 bits per heavy atom. The van der Waals surface area contributed by atoms with E-state index in [1.165, 1.54) is 32.1 Å². The standard InChI is InChI=1S/C38H61NO6/c1-22-17-24(31(40)33(2,3)4)44-30-29(22)35(7)13-14-38-21-37(38)12-11-27(45-28-18-39(15-16-43-28)23-19-42-20-23)34(5,6)25(37)9-10-26(38)36(35,8)32(30)41/h22-30,32,41H,9-21H2,1-8H3/t22-,24-,25+,26+,27+,28+,29?,30+,32+,35-,36-,37-,38+/m1/s1. The van der Waals surface area contributed by atoms with Crippen molar-refractivity contribution in [1.82, 2.24) is 4.90 Å². The maximum absolute atomic E-state index is 13.4. The van der Waals surface area contributed by atoms with Gasteiger partial charge < -0.3 is 24.1 Å². The highest BCUT2D eigenvalue weighted by Gasteiger charge is 2.84. The average Bonchev–Trinajstić information content (AvgIpc) is 3.57. The molecule has 3 aliphatic heterocycles. The number of aliphatic hydroxyl groups is 1. The first kappa shape index (κ1) is 31.7. The Labute approximate surface area is 271 Å².